The summed E-state index contributed by atoms with van der Waals surface area (Å²) >= 11 is 0. The van der Waals surface area contributed by atoms with Crippen LogP contribution in [0.3, 0.4) is 0 Å². The molecule has 0 aromatic heterocycles. The van der Waals surface area contributed by atoms with Crippen molar-refractivity contribution in [2.45, 2.75) is 38.6 Å². The summed E-state index contributed by atoms with van der Waals surface area (Å²) < 4.78 is 0. The second kappa shape index (κ2) is 5.74. The molecule has 19 heavy (non-hydrogen) atoms. The number of rotatable bonds is 5. The van der Waals surface area contributed by atoms with Crippen LogP contribution in [0.15, 0.2) is 24.3 Å². The minimum atomic E-state index is 0.260. The lowest BCUT2D eigenvalue weighted by Crippen LogP contribution is -2.27. The molecule has 3 heteroatoms. The van der Waals surface area contributed by atoms with E-state index >= 15 is 0 Å². The maximum absolute atomic E-state index is 11.7. The molecule has 0 atom stereocenters. The molecule has 0 radical (unpaired) electrons. The molecule has 0 unspecified atom stereocenters. The molecule has 1 amide bonds. The summed E-state index contributed by atoms with van der Waals surface area (Å²) in [6, 6.07) is 8.41. The molecule has 3 nitrogen and oxygen atoms in total. The zero-order valence-electron chi connectivity index (χ0n) is 11.4. The van der Waals surface area contributed by atoms with Gasteiger partial charge in [0, 0.05) is 25.2 Å². The van der Waals surface area contributed by atoms with Gasteiger partial charge in [-0.1, -0.05) is 18.6 Å². The summed E-state index contributed by atoms with van der Waals surface area (Å²) in [7, 11) is 0. The first-order chi connectivity index (χ1) is 9.33. The molecule has 0 spiro atoms. The van der Waals surface area contributed by atoms with Crippen LogP contribution in [0.2, 0.25) is 0 Å². The number of amides is 1. The maximum Gasteiger partial charge on any atom is 0.227 e. The Morgan fingerprint density at radius 3 is 2.53 bits per heavy atom. The van der Waals surface area contributed by atoms with Gasteiger partial charge in [-0.2, -0.15) is 0 Å². The van der Waals surface area contributed by atoms with Gasteiger partial charge in [0.1, 0.15) is 0 Å². The topological polar surface area (TPSA) is 32.3 Å². The minimum absolute atomic E-state index is 0.260. The molecule has 1 heterocycles. The summed E-state index contributed by atoms with van der Waals surface area (Å²) in [4.78, 5) is 13.6. The van der Waals surface area contributed by atoms with Crippen molar-refractivity contribution in [3.63, 3.8) is 0 Å². The smallest absolute Gasteiger partial charge is 0.227 e. The van der Waals surface area contributed by atoms with Crippen LogP contribution in [0.1, 0.15) is 37.7 Å². The molecular formula is C16H22N2O. The van der Waals surface area contributed by atoms with Crippen LogP contribution in [0, 0.1) is 5.92 Å². The third-order valence-electron chi connectivity index (χ3n) is 4.31. The van der Waals surface area contributed by atoms with E-state index in [1.807, 2.05) is 4.90 Å². The summed E-state index contributed by atoms with van der Waals surface area (Å²) in [5.41, 5.74) is 2.35. The lowest BCUT2D eigenvalue weighted by atomic mass is 9.85. The molecule has 2 aliphatic rings. The number of hydrogen-bond acceptors (Lipinski definition) is 2. The minimum Gasteiger partial charge on any atom is -0.312 e. The van der Waals surface area contributed by atoms with Crippen molar-refractivity contribution in [2.75, 3.05) is 18.0 Å². The van der Waals surface area contributed by atoms with E-state index in [4.69, 9.17) is 0 Å². The molecule has 1 aliphatic carbocycles. The molecule has 1 aromatic rings. The number of benzene rings is 1. The van der Waals surface area contributed by atoms with Gasteiger partial charge in [0.05, 0.1) is 0 Å². The quantitative estimate of drug-likeness (QED) is 0.880. The fourth-order valence-corrected chi connectivity index (χ4v) is 2.83. The Kier molecular flexibility index (Phi) is 3.83. The lowest BCUT2D eigenvalue weighted by Gasteiger charge is -2.25. The number of anilines is 1. The van der Waals surface area contributed by atoms with E-state index in [2.05, 4.69) is 29.6 Å². The van der Waals surface area contributed by atoms with Crippen molar-refractivity contribution >= 4 is 11.6 Å². The van der Waals surface area contributed by atoms with Gasteiger partial charge in [-0.3, -0.25) is 4.79 Å². The van der Waals surface area contributed by atoms with E-state index in [9.17, 15) is 4.79 Å². The van der Waals surface area contributed by atoms with E-state index in [1.165, 1.54) is 24.8 Å². The predicted octanol–water partition coefficient (Wildman–Crippen LogP) is 2.70. The zero-order chi connectivity index (χ0) is 13.1. The molecule has 0 bridgehead atoms. The van der Waals surface area contributed by atoms with Crippen LogP contribution in [0.5, 0.6) is 0 Å². The van der Waals surface area contributed by atoms with Gasteiger partial charge in [-0.15, -0.1) is 0 Å². The van der Waals surface area contributed by atoms with Crippen LogP contribution in [-0.2, 0) is 11.3 Å². The number of nitrogens with one attached hydrogen (secondary N) is 1. The standard InChI is InChI=1S/C16H22N2O/c19-16-5-2-10-18(16)15-8-6-14(7-9-15)12-17-11-13-3-1-4-13/h6-9,13,17H,1-5,10-12H2. The molecule has 102 valence electrons. The molecule has 1 aliphatic heterocycles. The highest BCUT2D eigenvalue weighted by atomic mass is 16.2. The van der Waals surface area contributed by atoms with Gasteiger partial charge < -0.3 is 10.2 Å². The normalized spacial score (nSPS) is 19.8. The first-order valence-electron chi connectivity index (χ1n) is 7.43. The van der Waals surface area contributed by atoms with Crippen LogP contribution in [-0.4, -0.2) is 19.0 Å². The fourth-order valence-electron chi connectivity index (χ4n) is 2.83. The Hall–Kier alpha value is -1.35. The molecule has 1 saturated carbocycles. The predicted molar refractivity (Wildman–Crippen MR) is 77.1 cm³/mol. The maximum atomic E-state index is 11.7. The van der Waals surface area contributed by atoms with Crippen molar-refractivity contribution in [3.8, 4) is 0 Å². The molecular weight excluding hydrogens is 236 g/mol. The lowest BCUT2D eigenvalue weighted by molar-refractivity contribution is -0.117. The summed E-state index contributed by atoms with van der Waals surface area (Å²) in [5.74, 6) is 1.16. The highest BCUT2D eigenvalue weighted by Crippen LogP contribution is 2.25. The van der Waals surface area contributed by atoms with Gasteiger partial charge in [-0.05, 0) is 49.4 Å². The zero-order valence-corrected chi connectivity index (χ0v) is 11.4. The largest absolute Gasteiger partial charge is 0.312 e. The Morgan fingerprint density at radius 1 is 1.16 bits per heavy atom. The van der Waals surface area contributed by atoms with Gasteiger partial charge in [0.25, 0.3) is 0 Å². The van der Waals surface area contributed by atoms with Crippen LogP contribution >= 0.6 is 0 Å². The van der Waals surface area contributed by atoms with E-state index in [0.717, 1.165) is 37.7 Å². The number of carbonyl (C=O) groups is 1. The third-order valence-corrected chi connectivity index (χ3v) is 4.31. The molecule has 1 aromatic carbocycles. The Bertz CT molecular complexity index is 437. The van der Waals surface area contributed by atoms with Crippen molar-refractivity contribution in [1.29, 1.82) is 0 Å². The van der Waals surface area contributed by atoms with Crippen molar-refractivity contribution in [2.24, 2.45) is 5.92 Å². The van der Waals surface area contributed by atoms with Crippen molar-refractivity contribution in [3.05, 3.63) is 29.8 Å². The second-order valence-electron chi connectivity index (χ2n) is 5.74. The molecule has 1 N–H and O–H groups in total. The van der Waals surface area contributed by atoms with Crippen molar-refractivity contribution in [1.82, 2.24) is 5.32 Å². The van der Waals surface area contributed by atoms with E-state index in [1.54, 1.807) is 0 Å². The second-order valence-corrected chi connectivity index (χ2v) is 5.74. The Morgan fingerprint density at radius 2 is 1.95 bits per heavy atom. The summed E-state index contributed by atoms with van der Waals surface area (Å²) in [6.45, 7) is 2.95. The third kappa shape index (κ3) is 2.98. The molecule has 3 rings (SSSR count). The van der Waals surface area contributed by atoms with Crippen molar-refractivity contribution < 1.29 is 4.79 Å². The Balaban J connectivity index is 1.51. The SMILES string of the molecule is O=C1CCCN1c1ccc(CNCC2CCC2)cc1. The van der Waals surface area contributed by atoms with E-state index in [-0.39, 0.29) is 5.91 Å². The summed E-state index contributed by atoms with van der Waals surface area (Å²) in [5, 5.41) is 3.52. The van der Waals surface area contributed by atoms with Gasteiger partial charge >= 0.3 is 0 Å². The first-order valence-corrected chi connectivity index (χ1v) is 7.43. The van der Waals surface area contributed by atoms with E-state index in [0.29, 0.717) is 6.42 Å². The van der Waals surface area contributed by atoms with E-state index < -0.39 is 0 Å². The molecule has 1 saturated heterocycles. The summed E-state index contributed by atoms with van der Waals surface area (Å²) in [6.07, 6.45) is 5.88. The van der Waals surface area contributed by atoms with Gasteiger partial charge in [-0.25, -0.2) is 0 Å². The van der Waals surface area contributed by atoms with Gasteiger partial charge in [0.2, 0.25) is 5.91 Å². The van der Waals surface area contributed by atoms with Crippen LogP contribution in [0.25, 0.3) is 0 Å². The highest BCUT2D eigenvalue weighted by Gasteiger charge is 2.21. The van der Waals surface area contributed by atoms with Crippen LogP contribution in [0.4, 0.5) is 5.69 Å². The highest BCUT2D eigenvalue weighted by molar-refractivity contribution is 5.95. The average molecular weight is 258 g/mol. The number of nitrogens with zero attached hydrogens (tertiary/aromatic N) is 1. The van der Waals surface area contributed by atoms with Crippen LogP contribution < -0.4 is 10.2 Å². The average Bonchev–Trinajstić information content (AvgIpc) is 2.80. The molecule has 2 fully saturated rings. The number of hydrogen-bond donors (Lipinski definition) is 1. The monoisotopic (exact) mass is 258 g/mol. The van der Waals surface area contributed by atoms with Gasteiger partial charge in [0.15, 0.2) is 0 Å². The first kappa shape index (κ1) is 12.7. The Labute approximate surface area is 115 Å². The number of carbonyl (C=O) groups excluding carboxylic acids is 1. The fraction of sp³-hybridized carbons (Fsp3) is 0.562.